The Balaban J connectivity index is 1.56. The summed E-state index contributed by atoms with van der Waals surface area (Å²) in [6.45, 7) is 2.31. The maximum absolute atomic E-state index is 5.64. The fourth-order valence-corrected chi connectivity index (χ4v) is 1.98. The monoisotopic (exact) mass is 279 g/mol. The molecule has 0 amide bonds. The Kier molecular flexibility index (Phi) is 5.61. The van der Waals surface area contributed by atoms with Crippen LogP contribution in [0.3, 0.4) is 0 Å². The van der Waals surface area contributed by atoms with Gasteiger partial charge in [0.15, 0.2) is 0 Å². The van der Waals surface area contributed by atoms with Gasteiger partial charge in [0.2, 0.25) is 0 Å². The van der Waals surface area contributed by atoms with Crippen molar-refractivity contribution < 1.29 is 9.47 Å². The topological polar surface area (TPSA) is 44.5 Å². The molecule has 1 aromatic carbocycles. The van der Waals surface area contributed by atoms with E-state index in [-0.39, 0.29) is 0 Å². The molecule has 0 unspecified atom stereocenters. The van der Waals surface area contributed by atoms with E-state index < -0.39 is 0 Å². The number of benzene rings is 1. The summed E-state index contributed by atoms with van der Waals surface area (Å²) in [7, 11) is 0. The molecule has 1 aliphatic carbocycles. The summed E-state index contributed by atoms with van der Waals surface area (Å²) in [6, 6.07) is 7.57. The Morgan fingerprint density at radius 3 is 2.84 bits per heavy atom. The molecular weight excluding hydrogens is 258 g/mol. The lowest BCUT2D eigenvalue weighted by atomic mass is 10.2. The van der Waals surface area contributed by atoms with Crippen LogP contribution in [0.25, 0.3) is 0 Å². The molecule has 0 aromatic heterocycles. The number of ether oxygens (including phenoxy) is 2. The molecule has 2 N–H and O–H groups in total. The SMILES string of the molecule is NC(=S)c1cccc(OCCCOCCC2CC2)c1. The third-order valence-corrected chi connectivity index (χ3v) is 3.42. The van der Waals surface area contributed by atoms with Gasteiger partial charge in [-0.3, -0.25) is 0 Å². The normalized spacial score (nSPS) is 14.3. The van der Waals surface area contributed by atoms with E-state index in [1.165, 1.54) is 19.3 Å². The van der Waals surface area contributed by atoms with E-state index in [2.05, 4.69) is 0 Å². The minimum atomic E-state index is 0.397. The molecule has 0 spiro atoms. The zero-order chi connectivity index (χ0) is 13.5. The molecule has 0 radical (unpaired) electrons. The zero-order valence-corrected chi connectivity index (χ0v) is 12.0. The van der Waals surface area contributed by atoms with Crippen molar-refractivity contribution in [3.8, 4) is 5.75 Å². The van der Waals surface area contributed by atoms with Crippen molar-refractivity contribution in [2.75, 3.05) is 19.8 Å². The van der Waals surface area contributed by atoms with Crippen LogP contribution in [0.5, 0.6) is 5.75 Å². The number of rotatable bonds is 9. The van der Waals surface area contributed by atoms with Crippen LogP contribution in [-0.4, -0.2) is 24.8 Å². The molecule has 1 aliphatic rings. The molecule has 4 heteroatoms. The minimum Gasteiger partial charge on any atom is -0.493 e. The number of thiocarbonyl (C=S) groups is 1. The highest BCUT2D eigenvalue weighted by Gasteiger charge is 2.20. The smallest absolute Gasteiger partial charge is 0.119 e. The Bertz CT molecular complexity index is 418. The van der Waals surface area contributed by atoms with Gasteiger partial charge >= 0.3 is 0 Å². The van der Waals surface area contributed by atoms with Crippen LogP contribution >= 0.6 is 12.2 Å². The molecule has 0 saturated heterocycles. The molecule has 1 saturated carbocycles. The molecule has 0 heterocycles. The van der Waals surface area contributed by atoms with E-state index in [9.17, 15) is 0 Å². The molecule has 0 atom stereocenters. The quantitative estimate of drug-likeness (QED) is 0.557. The van der Waals surface area contributed by atoms with E-state index in [0.717, 1.165) is 36.9 Å². The second-order valence-electron chi connectivity index (χ2n) is 4.94. The summed E-state index contributed by atoms with van der Waals surface area (Å²) in [6.07, 6.45) is 4.91. The molecule has 1 fully saturated rings. The summed E-state index contributed by atoms with van der Waals surface area (Å²) in [5.41, 5.74) is 6.42. The van der Waals surface area contributed by atoms with E-state index in [0.29, 0.717) is 11.6 Å². The first-order valence-corrected chi connectivity index (χ1v) is 7.27. The van der Waals surface area contributed by atoms with Crippen LogP contribution in [0, 0.1) is 5.92 Å². The van der Waals surface area contributed by atoms with Gasteiger partial charge < -0.3 is 15.2 Å². The van der Waals surface area contributed by atoms with Crippen molar-refractivity contribution in [1.82, 2.24) is 0 Å². The van der Waals surface area contributed by atoms with Crippen molar-refractivity contribution in [2.24, 2.45) is 11.7 Å². The van der Waals surface area contributed by atoms with Gasteiger partial charge in [0.25, 0.3) is 0 Å². The molecule has 2 rings (SSSR count). The van der Waals surface area contributed by atoms with Crippen LogP contribution in [0.15, 0.2) is 24.3 Å². The van der Waals surface area contributed by atoms with Crippen molar-refractivity contribution in [1.29, 1.82) is 0 Å². The highest BCUT2D eigenvalue weighted by molar-refractivity contribution is 7.80. The predicted octanol–water partition coefficient (Wildman–Crippen LogP) is 2.91. The van der Waals surface area contributed by atoms with Crippen LogP contribution in [0.1, 0.15) is 31.2 Å². The summed E-state index contributed by atoms with van der Waals surface area (Å²) in [5, 5.41) is 0. The van der Waals surface area contributed by atoms with Gasteiger partial charge in [0.1, 0.15) is 10.7 Å². The second kappa shape index (κ2) is 7.46. The molecule has 19 heavy (non-hydrogen) atoms. The van der Waals surface area contributed by atoms with E-state index in [1.807, 2.05) is 24.3 Å². The van der Waals surface area contributed by atoms with Gasteiger partial charge in [-0.2, -0.15) is 0 Å². The lowest BCUT2D eigenvalue weighted by molar-refractivity contribution is 0.114. The van der Waals surface area contributed by atoms with Crippen LogP contribution in [0.4, 0.5) is 0 Å². The molecule has 3 nitrogen and oxygen atoms in total. The third-order valence-electron chi connectivity index (χ3n) is 3.19. The summed E-state index contributed by atoms with van der Waals surface area (Å²) < 4.78 is 11.2. The van der Waals surface area contributed by atoms with Gasteiger partial charge in [-0.1, -0.05) is 37.2 Å². The second-order valence-corrected chi connectivity index (χ2v) is 5.38. The van der Waals surface area contributed by atoms with Crippen molar-refractivity contribution in [2.45, 2.75) is 25.7 Å². The van der Waals surface area contributed by atoms with Gasteiger partial charge in [-0.15, -0.1) is 0 Å². The lowest BCUT2D eigenvalue weighted by Gasteiger charge is -2.08. The number of nitrogens with two attached hydrogens (primary N) is 1. The van der Waals surface area contributed by atoms with Gasteiger partial charge in [-0.25, -0.2) is 0 Å². The molecular formula is C15H21NO2S. The van der Waals surface area contributed by atoms with Crippen LogP contribution < -0.4 is 10.5 Å². The number of hydrogen-bond acceptors (Lipinski definition) is 3. The van der Waals surface area contributed by atoms with Crippen LogP contribution in [0.2, 0.25) is 0 Å². The Hall–Kier alpha value is -1.13. The Morgan fingerprint density at radius 1 is 1.26 bits per heavy atom. The third kappa shape index (κ3) is 5.57. The summed E-state index contributed by atoms with van der Waals surface area (Å²) in [5.74, 6) is 1.75. The van der Waals surface area contributed by atoms with Gasteiger partial charge in [0.05, 0.1) is 6.61 Å². The highest BCUT2D eigenvalue weighted by atomic mass is 32.1. The minimum absolute atomic E-state index is 0.397. The van der Waals surface area contributed by atoms with Crippen molar-refractivity contribution in [3.63, 3.8) is 0 Å². The first-order chi connectivity index (χ1) is 9.25. The van der Waals surface area contributed by atoms with Gasteiger partial charge in [-0.05, 0) is 24.5 Å². The fourth-order valence-electron chi connectivity index (χ4n) is 1.85. The van der Waals surface area contributed by atoms with E-state index in [4.69, 9.17) is 27.4 Å². The lowest BCUT2D eigenvalue weighted by Crippen LogP contribution is -2.09. The predicted molar refractivity (Wildman–Crippen MR) is 80.6 cm³/mol. The van der Waals surface area contributed by atoms with Crippen molar-refractivity contribution in [3.05, 3.63) is 29.8 Å². The Morgan fingerprint density at radius 2 is 2.11 bits per heavy atom. The van der Waals surface area contributed by atoms with E-state index >= 15 is 0 Å². The van der Waals surface area contributed by atoms with Crippen LogP contribution in [-0.2, 0) is 4.74 Å². The maximum atomic E-state index is 5.64. The maximum Gasteiger partial charge on any atom is 0.119 e. The molecule has 0 bridgehead atoms. The van der Waals surface area contributed by atoms with E-state index in [1.54, 1.807) is 0 Å². The van der Waals surface area contributed by atoms with Crippen molar-refractivity contribution >= 4 is 17.2 Å². The molecule has 0 aliphatic heterocycles. The molecule has 104 valence electrons. The highest BCUT2D eigenvalue weighted by Crippen LogP contribution is 2.32. The Labute approximate surface area is 120 Å². The standard InChI is InChI=1S/C15H21NO2S/c16-15(19)13-3-1-4-14(11-13)18-9-2-8-17-10-7-12-5-6-12/h1,3-4,11-12H,2,5-10H2,(H2,16,19). The van der Waals surface area contributed by atoms with Gasteiger partial charge in [0, 0.05) is 25.2 Å². The average Bonchev–Trinajstić information content (AvgIpc) is 3.22. The summed E-state index contributed by atoms with van der Waals surface area (Å²) in [4.78, 5) is 0.397. The largest absolute Gasteiger partial charge is 0.493 e. The fraction of sp³-hybridized carbons (Fsp3) is 0.533. The number of hydrogen-bond donors (Lipinski definition) is 1. The zero-order valence-electron chi connectivity index (χ0n) is 11.1. The average molecular weight is 279 g/mol. The molecule has 1 aromatic rings. The first kappa shape index (κ1) is 14.3. The first-order valence-electron chi connectivity index (χ1n) is 6.86. The summed E-state index contributed by atoms with van der Waals surface area (Å²) >= 11 is 4.93.